The zero-order valence-electron chi connectivity index (χ0n) is 6.06. The summed E-state index contributed by atoms with van der Waals surface area (Å²) in [5, 5.41) is 17.4. The number of hydrogen-bond donors (Lipinski definition) is 1. The van der Waals surface area contributed by atoms with Crippen molar-refractivity contribution >= 4 is 35.4 Å². The van der Waals surface area contributed by atoms with Crippen LogP contribution in [-0.4, -0.2) is 4.98 Å². The number of aromatic nitrogens is 1. The number of aromatic amines is 1. The predicted octanol–water partition coefficient (Wildman–Crippen LogP) is 2.79. The molecule has 0 radical (unpaired) electrons. The van der Waals surface area contributed by atoms with Crippen molar-refractivity contribution in [3.63, 3.8) is 0 Å². The number of nitriles is 2. The third-order valence-corrected chi connectivity index (χ3v) is 2.31. The first kappa shape index (κ1) is 10.0. The fourth-order valence-corrected chi connectivity index (χ4v) is 1.66. The number of nitrogens with one attached hydrogen (secondary N) is 1. The van der Waals surface area contributed by atoms with Crippen LogP contribution in [0.1, 0.15) is 11.1 Å². The largest absolute Gasteiger partial charge is 0.334 e. The molecule has 0 saturated carbocycles. The highest BCUT2D eigenvalue weighted by Gasteiger charge is 2.10. The van der Waals surface area contributed by atoms with Crippen LogP contribution in [0.25, 0.3) is 0 Å². The fraction of sp³-hybridized carbons (Fsp3) is 0. The van der Waals surface area contributed by atoms with Crippen LogP contribution in [-0.2, 0) is 0 Å². The molecule has 1 aromatic rings. The van der Waals surface area contributed by atoms with Crippen molar-refractivity contribution in [1.29, 1.82) is 10.5 Å². The Morgan fingerprint density at radius 3 is 1.77 bits per heavy atom. The van der Waals surface area contributed by atoms with Gasteiger partial charge in [0.2, 0.25) is 0 Å². The van der Waals surface area contributed by atoms with Gasteiger partial charge < -0.3 is 4.98 Å². The molecule has 1 heterocycles. The zero-order valence-corrected chi connectivity index (χ0v) is 8.39. The van der Waals surface area contributed by atoms with E-state index in [4.69, 9.17) is 45.9 Å². The van der Waals surface area contributed by atoms with Gasteiger partial charge in [-0.1, -0.05) is 35.4 Å². The van der Waals surface area contributed by atoms with E-state index >= 15 is 0 Å². The van der Waals surface area contributed by atoms with E-state index in [1.807, 2.05) is 0 Å². The molecule has 1 N–H and O–H groups in total. The van der Waals surface area contributed by atoms with Gasteiger partial charge in [-0.05, 0) is 0 Å². The summed E-state index contributed by atoms with van der Waals surface area (Å²) in [6, 6.07) is 3.58. The molecular weight excluding hydrogens is 229 g/mol. The number of pyridine rings is 1. The Bertz CT molecular complexity index is 451. The van der Waals surface area contributed by atoms with E-state index < -0.39 is 0 Å². The smallest absolute Gasteiger partial charge is 0.126 e. The van der Waals surface area contributed by atoms with Crippen LogP contribution in [0, 0.1) is 27.2 Å². The highest BCUT2D eigenvalue weighted by Crippen LogP contribution is 2.22. The van der Waals surface area contributed by atoms with E-state index in [-0.39, 0.29) is 25.9 Å². The lowest BCUT2D eigenvalue weighted by Gasteiger charge is -1.99. The predicted molar refractivity (Wildman–Crippen MR) is 51.1 cm³/mol. The number of rotatable bonds is 0. The normalized spacial score (nSPS) is 8.92. The summed E-state index contributed by atoms with van der Waals surface area (Å²) in [6.07, 6.45) is 0. The van der Waals surface area contributed by atoms with Gasteiger partial charge in [-0.2, -0.15) is 10.5 Å². The lowest BCUT2D eigenvalue weighted by atomic mass is 10.2. The molecule has 0 aromatic carbocycles. The SMILES string of the molecule is N#Cc1c(Cl)[nH]c(Cl)c(C#N)c1=S. The molecule has 0 spiro atoms. The minimum absolute atomic E-state index is 0.0523. The molecule has 13 heavy (non-hydrogen) atoms. The monoisotopic (exact) mass is 229 g/mol. The molecule has 0 aliphatic heterocycles. The van der Waals surface area contributed by atoms with Gasteiger partial charge in [0.05, 0.1) is 4.51 Å². The van der Waals surface area contributed by atoms with E-state index in [0.717, 1.165) is 0 Å². The number of halogens is 2. The molecule has 1 aromatic heterocycles. The maximum atomic E-state index is 8.64. The van der Waals surface area contributed by atoms with Crippen LogP contribution in [0.2, 0.25) is 10.3 Å². The summed E-state index contributed by atoms with van der Waals surface area (Å²) in [4.78, 5) is 2.47. The summed E-state index contributed by atoms with van der Waals surface area (Å²) < 4.78 is 0.0822. The van der Waals surface area contributed by atoms with Gasteiger partial charge in [0.1, 0.15) is 33.6 Å². The summed E-state index contributed by atoms with van der Waals surface area (Å²) in [6.45, 7) is 0. The summed E-state index contributed by atoms with van der Waals surface area (Å²) in [7, 11) is 0. The summed E-state index contributed by atoms with van der Waals surface area (Å²) in [5.41, 5.74) is 0.134. The molecular formula is C7HCl2N3S. The topological polar surface area (TPSA) is 63.4 Å². The fourth-order valence-electron chi connectivity index (χ4n) is 0.745. The van der Waals surface area contributed by atoms with Gasteiger partial charge in [0.15, 0.2) is 0 Å². The summed E-state index contributed by atoms with van der Waals surface area (Å²) in [5.74, 6) is 0. The second-order valence-electron chi connectivity index (χ2n) is 2.06. The first-order valence-corrected chi connectivity index (χ1v) is 4.19. The van der Waals surface area contributed by atoms with Crippen molar-refractivity contribution in [2.24, 2.45) is 0 Å². The molecule has 0 aliphatic rings. The molecule has 0 bridgehead atoms. The van der Waals surface area contributed by atoms with Crippen molar-refractivity contribution in [3.05, 3.63) is 25.9 Å². The average molecular weight is 230 g/mol. The second kappa shape index (κ2) is 3.76. The van der Waals surface area contributed by atoms with Crippen LogP contribution in [0.5, 0.6) is 0 Å². The molecule has 0 amide bonds. The Hall–Kier alpha value is -1.07. The minimum atomic E-state index is 0.0523. The van der Waals surface area contributed by atoms with Crippen LogP contribution in [0.15, 0.2) is 0 Å². The van der Waals surface area contributed by atoms with Gasteiger partial charge in [-0.25, -0.2) is 0 Å². The van der Waals surface area contributed by atoms with Gasteiger partial charge >= 0.3 is 0 Å². The van der Waals surface area contributed by atoms with Crippen molar-refractivity contribution < 1.29 is 0 Å². The second-order valence-corrected chi connectivity index (χ2v) is 3.22. The van der Waals surface area contributed by atoms with Crippen LogP contribution < -0.4 is 0 Å². The molecule has 1 rings (SSSR count). The molecule has 0 atom stereocenters. The van der Waals surface area contributed by atoms with Gasteiger partial charge in [-0.15, -0.1) is 0 Å². The molecule has 0 unspecified atom stereocenters. The maximum Gasteiger partial charge on any atom is 0.126 e. The van der Waals surface area contributed by atoms with Crippen molar-refractivity contribution in [3.8, 4) is 12.1 Å². The number of nitrogens with zero attached hydrogens (tertiary/aromatic N) is 2. The zero-order chi connectivity index (χ0) is 10.0. The molecule has 64 valence electrons. The molecule has 0 saturated heterocycles. The Morgan fingerprint density at radius 2 is 1.46 bits per heavy atom. The molecule has 0 fully saturated rings. The molecule has 6 heteroatoms. The van der Waals surface area contributed by atoms with E-state index in [9.17, 15) is 0 Å². The maximum absolute atomic E-state index is 8.64. The quantitative estimate of drug-likeness (QED) is 0.550. The van der Waals surface area contributed by atoms with Crippen LogP contribution in [0.4, 0.5) is 0 Å². The lowest BCUT2D eigenvalue weighted by Crippen LogP contribution is -1.90. The highest BCUT2D eigenvalue weighted by atomic mass is 35.5. The third-order valence-electron chi connectivity index (χ3n) is 1.34. The Labute approximate surface area is 89.1 Å². The Kier molecular flexibility index (Phi) is 2.90. The first-order valence-electron chi connectivity index (χ1n) is 3.03. The molecule has 0 aliphatic carbocycles. The first-order chi connectivity index (χ1) is 6.11. The van der Waals surface area contributed by atoms with Crippen LogP contribution >= 0.6 is 35.4 Å². The number of hydrogen-bond acceptors (Lipinski definition) is 3. The average Bonchev–Trinajstić information content (AvgIpc) is 2.04. The van der Waals surface area contributed by atoms with Crippen molar-refractivity contribution in [2.45, 2.75) is 0 Å². The summed E-state index contributed by atoms with van der Waals surface area (Å²) >= 11 is 16.1. The van der Waals surface area contributed by atoms with Gasteiger partial charge in [0.25, 0.3) is 0 Å². The van der Waals surface area contributed by atoms with E-state index in [1.54, 1.807) is 12.1 Å². The van der Waals surface area contributed by atoms with Crippen molar-refractivity contribution in [2.75, 3.05) is 0 Å². The van der Waals surface area contributed by atoms with E-state index in [2.05, 4.69) is 4.98 Å². The van der Waals surface area contributed by atoms with Gasteiger partial charge in [0, 0.05) is 0 Å². The Balaban J connectivity index is 3.74. The van der Waals surface area contributed by atoms with E-state index in [0.29, 0.717) is 0 Å². The standard InChI is InChI=1S/C7HCl2N3S/c8-6-3(1-10)5(13)4(2-11)7(9)12-6/h(H,12,13). The van der Waals surface area contributed by atoms with E-state index in [1.165, 1.54) is 0 Å². The minimum Gasteiger partial charge on any atom is -0.334 e. The lowest BCUT2D eigenvalue weighted by molar-refractivity contribution is 1.27. The van der Waals surface area contributed by atoms with Crippen molar-refractivity contribution in [1.82, 2.24) is 4.98 Å². The van der Waals surface area contributed by atoms with Crippen LogP contribution in [0.3, 0.4) is 0 Å². The van der Waals surface area contributed by atoms with Gasteiger partial charge in [-0.3, -0.25) is 0 Å². The highest BCUT2D eigenvalue weighted by molar-refractivity contribution is 7.71. The Morgan fingerprint density at radius 1 is 1.08 bits per heavy atom. The third kappa shape index (κ3) is 1.66. The number of H-pyrrole nitrogens is 1. The molecule has 3 nitrogen and oxygen atoms in total.